The summed E-state index contributed by atoms with van der Waals surface area (Å²) in [5, 5.41) is 11.5. The number of hydrogen-bond acceptors (Lipinski definition) is 6. The molecule has 3 N–H and O–H groups in total. The largest absolute Gasteiger partial charge is 0.384 e. The number of hydrogen-bond donors (Lipinski definition) is 3. The quantitative estimate of drug-likeness (QED) is 0.645. The van der Waals surface area contributed by atoms with Crippen LogP contribution in [0.2, 0.25) is 0 Å². The van der Waals surface area contributed by atoms with Crippen LogP contribution in [0.4, 0.5) is 5.13 Å². The van der Waals surface area contributed by atoms with Gasteiger partial charge in [0.05, 0.1) is 18.7 Å². The highest BCUT2D eigenvalue weighted by molar-refractivity contribution is 7.13. The molecule has 1 aromatic rings. The number of nitrogens with zero attached hydrogens (tertiary/aromatic N) is 1. The van der Waals surface area contributed by atoms with E-state index in [0.717, 1.165) is 25.9 Å². The van der Waals surface area contributed by atoms with Gasteiger partial charge in [0.15, 0.2) is 5.13 Å². The van der Waals surface area contributed by atoms with Crippen molar-refractivity contribution in [3.63, 3.8) is 0 Å². The fourth-order valence-corrected chi connectivity index (χ4v) is 3.56. The summed E-state index contributed by atoms with van der Waals surface area (Å²) < 4.78 is 5.36. The Bertz CT molecular complexity index is 577. The van der Waals surface area contributed by atoms with E-state index in [0.29, 0.717) is 24.0 Å². The number of thiazole rings is 1. The molecule has 0 aliphatic carbocycles. The Morgan fingerprint density at radius 1 is 1.40 bits per heavy atom. The van der Waals surface area contributed by atoms with Crippen molar-refractivity contribution in [2.75, 3.05) is 38.7 Å². The van der Waals surface area contributed by atoms with E-state index in [9.17, 15) is 9.59 Å². The van der Waals surface area contributed by atoms with Gasteiger partial charge in [0.1, 0.15) is 0 Å². The summed E-state index contributed by atoms with van der Waals surface area (Å²) in [6.45, 7) is 6.82. The van der Waals surface area contributed by atoms with Gasteiger partial charge in [0.25, 0.3) is 0 Å². The maximum Gasteiger partial charge on any atom is 0.228 e. The lowest BCUT2D eigenvalue weighted by Gasteiger charge is -2.37. The Morgan fingerprint density at radius 2 is 2.12 bits per heavy atom. The first kappa shape index (κ1) is 19.8. The van der Waals surface area contributed by atoms with Crippen LogP contribution in [0.3, 0.4) is 0 Å². The number of rotatable bonds is 8. The van der Waals surface area contributed by atoms with Gasteiger partial charge in [0, 0.05) is 30.4 Å². The average molecular weight is 369 g/mol. The Labute approximate surface area is 152 Å². The zero-order valence-corrected chi connectivity index (χ0v) is 16.0. The van der Waals surface area contributed by atoms with Crippen LogP contribution in [0.15, 0.2) is 5.38 Å². The Hall–Kier alpha value is -1.51. The van der Waals surface area contributed by atoms with Gasteiger partial charge in [0.2, 0.25) is 11.8 Å². The summed E-state index contributed by atoms with van der Waals surface area (Å²) in [6.07, 6.45) is 2.20. The van der Waals surface area contributed by atoms with Crippen molar-refractivity contribution in [1.29, 1.82) is 0 Å². The third-order valence-corrected chi connectivity index (χ3v) is 5.23. The Morgan fingerprint density at radius 3 is 2.76 bits per heavy atom. The molecule has 25 heavy (non-hydrogen) atoms. The van der Waals surface area contributed by atoms with Gasteiger partial charge in [-0.05, 0) is 25.9 Å². The molecule has 0 spiro atoms. The third-order valence-electron chi connectivity index (χ3n) is 4.42. The zero-order chi connectivity index (χ0) is 18.3. The molecule has 1 fully saturated rings. The number of nitrogens with one attached hydrogen (secondary N) is 3. The molecule has 0 radical (unpaired) electrons. The summed E-state index contributed by atoms with van der Waals surface area (Å²) in [7, 11) is 1.70. The van der Waals surface area contributed by atoms with E-state index in [1.54, 1.807) is 7.11 Å². The van der Waals surface area contributed by atoms with E-state index in [1.807, 2.05) is 19.2 Å². The molecular weight excluding hydrogens is 340 g/mol. The fraction of sp³-hybridized carbons (Fsp3) is 0.706. The predicted molar refractivity (Wildman–Crippen MR) is 98.7 cm³/mol. The van der Waals surface area contributed by atoms with E-state index in [2.05, 4.69) is 20.9 Å². The minimum atomic E-state index is -0.0994. The molecule has 0 unspecified atom stereocenters. The van der Waals surface area contributed by atoms with Crippen molar-refractivity contribution >= 4 is 28.3 Å². The number of piperidine rings is 1. The van der Waals surface area contributed by atoms with Gasteiger partial charge in [-0.3, -0.25) is 9.59 Å². The second-order valence-electron chi connectivity index (χ2n) is 6.92. The second-order valence-corrected chi connectivity index (χ2v) is 7.78. The topological polar surface area (TPSA) is 92.4 Å². The van der Waals surface area contributed by atoms with Crippen LogP contribution in [0.25, 0.3) is 0 Å². The molecule has 2 amide bonds. The first-order chi connectivity index (χ1) is 11.9. The standard InChI is InChI=1S/C17H28N4O3S/c1-12(2)15(23)21-16-20-13(9-25-16)8-14(22)19-10-17(11-24-3)4-6-18-7-5-17/h9,12,18H,4-8,10-11H2,1-3H3,(H,19,22)(H,20,21,23). The van der Waals surface area contributed by atoms with Crippen molar-refractivity contribution < 1.29 is 14.3 Å². The molecule has 0 atom stereocenters. The predicted octanol–water partition coefficient (Wildman–Crippen LogP) is 1.41. The summed E-state index contributed by atoms with van der Waals surface area (Å²) in [5.74, 6) is -0.226. The third kappa shape index (κ3) is 6.05. The molecular formula is C17H28N4O3S. The van der Waals surface area contributed by atoms with Gasteiger partial charge in [-0.2, -0.15) is 0 Å². The van der Waals surface area contributed by atoms with Crippen molar-refractivity contribution in [2.45, 2.75) is 33.1 Å². The summed E-state index contributed by atoms with van der Waals surface area (Å²) >= 11 is 1.34. The maximum atomic E-state index is 12.3. The fourth-order valence-electron chi connectivity index (χ4n) is 2.84. The minimum absolute atomic E-state index is 0.00807. The number of aromatic nitrogens is 1. The van der Waals surface area contributed by atoms with Crippen LogP contribution in [0.5, 0.6) is 0 Å². The molecule has 1 aromatic heterocycles. The SMILES string of the molecule is COCC1(CNC(=O)Cc2csc(NC(=O)C(C)C)n2)CCNCC1. The first-order valence-corrected chi connectivity index (χ1v) is 9.54. The van der Waals surface area contributed by atoms with Gasteiger partial charge in [-0.15, -0.1) is 11.3 Å². The summed E-state index contributed by atoms with van der Waals surface area (Å²) in [4.78, 5) is 28.2. The highest BCUT2D eigenvalue weighted by Gasteiger charge is 2.32. The van der Waals surface area contributed by atoms with Gasteiger partial charge < -0.3 is 20.7 Å². The number of ether oxygens (including phenoxy) is 1. The molecule has 1 aliphatic rings. The van der Waals surface area contributed by atoms with E-state index in [-0.39, 0.29) is 29.6 Å². The summed E-state index contributed by atoms with van der Waals surface area (Å²) in [5.41, 5.74) is 0.682. The van der Waals surface area contributed by atoms with Crippen LogP contribution < -0.4 is 16.0 Å². The smallest absolute Gasteiger partial charge is 0.228 e. The second kappa shape index (κ2) is 9.26. The van der Waals surface area contributed by atoms with Crippen LogP contribution in [0.1, 0.15) is 32.4 Å². The molecule has 2 rings (SSSR count). The number of carbonyl (C=O) groups excluding carboxylic acids is 2. The highest BCUT2D eigenvalue weighted by atomic mass is 32.1. The van der Waals surface area contributed by atoms with Crippen LogP contribution in [-0.4, -0.2) is 50.1 Å². The molecule has 1 aliphatic heterocycles. The summed E-state index contributed by atoms with van der Waals surface area (Å²) in [6, 6.07) is 0. The van der Waals surface area contributed by atoms with Crippen LogP contribution in [0, 0.1) is 11.3 Å². The molecule has 0 aromatic carbocycles. The molecule has 140 valence electrons. The van der Waals surface area contributed by atoms with E-state index < -0.39 is 0 Å². The van der Waals surface area contributed by atoms with Gasteiger partial charge >= 0.3 is 0 Å². The van der Waals surface area contributed by atoms with Crippen molar-refractivity contribution in [1.82, 2.24) is 15.6 Å². The number of carbonyl (C=O) groups is 2. The van der Waals surface area contributed by atoms with Crippen LogP contribution in [-0.2, 0) is 20.7 Å². The lowest BCUT2D eigenvalue weighted by Crippen LogP contribution is -2.47. The van der Waals surface area contributed by atoms with Crippen molar-refractivity contribution in [3.05, 3.63) is 11.1 Å². The molecule has 1 saturated heterocycles. The molecule has 2 heterocycles. The molecule has 0 saturated carbocycles. The van der Waals surface area contributed by atoms with E-state index in [1.165, 1.54) is 11.3 Å². The number of anilines is 1. The van der Waals surface area contributed by atoms with Crippen molar-refractivity contribution in [2.24, 2.45) is 11.3 Å². The number of amides is 2. The molecule has 0 bridgehead atoms. The van der Waals surface area contributed by atoms with Gasteiger partial charge in [-0.25, -0.2) is 4.98 Å². The first-order valence-electron chi connectivity index (χ1n) is 8.66. The zero-order valence-electron chi connectivity index (χ0n) is 15.2. The highest BCUT2D eigenvalue weighted by Crippen LogP contribution is 2.28. The number of methoxy groups -OCH3 is 1. The monoisotopic (exact) mass is 368 g/mol. The normalized spacial score (nSPS) is 16.6. The molecule has 8 heteroatoms. The minimum Gasteiger partial charge on any atom is -0.384 e. The van der Waals surface area contributed by atoms with E-state index in [4.69, 9.17) is 4.74 Å². The Balaban J connectivity index is 1.83. The Kier molecular flexibility index (Phi) is 7.34. The van der Waals surface area contributed by atoms with E-state index >= 15 is 0 Å². The maximum absolute atomic E-state index is 12.3. The molecule has 7 nitrogen and oxygen atoms in total. The van der Waals surface area contributed by atoms with Crippen molar-refractivity contribution in [3.8, 4) is 0 Å². The lowest BCUT2D eigenvalue weighted by atomic mass is 9.79. The van der Waals surface area contributed by atoms with Gasteiger partial charge in [-0.1, -0.05) is 13.8 Å². The van der Waals surface area contributed by atoms with Crippen LogP contribution >= 0.6 is 11.3 Å². The average Bonchev–Trinajstić information content (AvgIpc) is 3.01. The lowest BCUT2D eigenvalue weighted by molar-refractivity contribution is -0.121.